The fourth-order valence-electron chi connectivity index (χ4n) is 2.93. The predicted molar refractivity (Wildman–Crippen MR) is 95.4 cm³/mol. The van der Waals surface area contributed by atoms with Crippen molar-refractivity contribution in [3.8, 4) is 17.2 Å². The van der Waals surface area contributed by atoms with Gasteiger partial charge < -0.3 is 19.9 Å². The zero-order valence-electron chi connectivity index (χ0n) is 14.5. The summed E-state index contributed by atoms with van der Waals surface area (Å²) in [5.41, 5.74) is 7.58. The van der Waals surface area contributed by atoms with E-state index < -0.39 is 4.92 Å². The predicted octanol–water partition coefficient (Wildman–Crippen LogP) is 2.29. The number of nitrogens with two attached hydrogens (primary N) is 1. The monoisotopic (exact) mass is 359 g/mol. The van der Waals surface area contributed by atoms with Gasteiger partial charge in [-0.15, -0.1) is 0 Å². The first kappa shape index (κ1) is 18.0. The van der Waals surface area contributed by atoms with Gasteiger partial charge in [0.05, 0.1) is 12.0 Å². The van der Waals surface area contributed by atoms with Crippen LogP contribution in [0.1, 0.15) is 11.1 Å². The number of ether oxygens (including phenoxy) is 3. The van der Waals surface area contributed by atoms with E-state index in [0.717, 1.165) is 22.6 Å². The highest BCUT2D eigenvalue weighted by molar-refractivity contribution is 5.48. The maximum absolute atomic E-state index is 11.2. The van der Waals surface area contributed by atoms with Crippen LogP contribution in [0.4, 0.5) is 5.69 Å². The Morgan fingerprint density at radius 3 is 2.54 bits per heavy atom. The SMILES string of the molecule is COc1ccc(CN(CCN)Cc2ccc3c(c2)OCO3)cc1[N+](=O)[O-]. The van der Waals surface area contributed by atoms with Crippen LogP contribution in [0.3, 0.4) is 0 Å². The van der Waals surface area contributed by atoms with Crippen LogP contribution in [0.15, 0.2) is 36.4 Å². The van der Waals surface area contributed by atoms with Gasteiger partial charge in [0, 0.05) is 32.2 Å². The molecule has 0 fully saturated rings. The Hall–Kier alpha value is -2.84. The first-order chi connectivity index (χ1) is 12.6. The summed E-state index contributed by atoms with van der Waals surface area (Å²) in [6, 6.07) is 10.8. The third kappa shape index (κ3) is 4.04. The minimum atomic E-state index is -0.437. The fourth-order valence-corrected chi connectivity index (χ4v) is 2.93. The molecule has 1 aliphatic rings. The summed E-state index contributed by atoms with van der Waals surface area (Å²) >= 11 is 0. The van der Waals surface area contributed by atoms with Crippen LogP contribution in [-0.2, 0) is 13.1 Å². The third-order valence-corrected chi connectivity index (χ3v) is 4.13. The molecule has 8 nitrogen and oxygen atoms in total. The highest BCUT2D eigenvalue weighted by Gasteiger charge is 2.18. The van der Waals surface area contributed by atoms with Crippen LogP contribution in [0.5, 0.6) is 17.2 Å². The van der Waals surface area contributed by atoms with Gasteiger partial charge in [-0.05, 0) is 29.3 Å². The molecule has 3 rings (SSSR count). The summed E-state index contributed by atoms with van der Waals surface area (Å²) in [5.74, 6) is 1.72. The molecule has 1 heterocycles. The Balaban J connectivity index is 1.76. The van der Waals surface area contributed by atoms with E-state index in [9.17, 15) is 10.1 Å². The number of hydrogen-bond acceptors (Lipinski definition) is 7. The van der Waals surface area contributed by atoms with Crippen LogP contribution in [-0.4, -0.2) is 36.8 Å². The quantitative estimate of drug-likeness (QED) is 0.570. The van der Waals surface area contributed by atoms with Crippen LogP contribution in [0.2, 0.25) is 0 Å². The van der Waals surface area contributed by atoms with Gasteiger partial charge >= 0.3 is 5.69 Å². The average molecular weight is 359 g/mol. The van der Waals surface area contributed by atoms with Crippen molar-refractivity contribution in [2.24, 2.45) is 5.73 Å². The largest absolute Gasteiger partial charge is 0.490 e. The molecule has 0 atom stereocenters. The van der Waals surface area contributed by atoms with Gasteiger partial charge in [-0.1, -0.05) is 12.1 Å². The number of nitro groups is 1. The van der Waals surface area contributed by atoms with Gasteiger partial charge in [0.25, 0.3) is 0 Å². The average Bonchev–Trinajstić information content (AvgIpc) is 3.09. The molecular formula is C18H21N3O5. The summed E-state index contributed by atoms with van der Waals surface area (Å²) in [6.07, 6.45) is 0. The molecule has 2 aromatic carbocycles. The van der Waals surface area contributed by atoms with Crippen molar-refractivity contribution >= 4 is 5.69 Å². The number of benzene rings is 2. The van der Waals surface area contributed by atoms with Gasteiger partial charge in [-0.3, -0.25) is 15.0 Å². The minimum Gasteiger partial charge on any atom is -0.490 e. The Morgan fingerprint density at radius 1 is 1.15 bits per heavy atom. The molecule has 0 aliphatic carbocycles. The molecule has 0 amide bonds. The molecular weight excluding hydrogens is 338 g/mol. The van der Waals surface area contributed by atoms with Crippen LogP contribution in [0, 0.1) is 10.1 Å². The Morgan fingerprint density at radius 2 is 1.85 bits per heavy atom. The molecule has 26 heavy (non-hydrogen) atoms. The second-order valence-corrected chi connectivity index (χ2v) is 5.95. The third-order valence-electron chi connectivity index (χ3n) is 4.13. The van der Waals surface area contributed by atoms with Gasteiger partial charge in [0.2, 0.25) is 6.79 Å². The highest BCUT2D eigenvalue weighted by atomic mass is 16.7. The van der Waals surface area contributed by atoms with E-state index >= 15 is 0 Å². The maximum atomic E-state index is 11.2. The summed E-state index contributed by atoms with van der Waals surface area (Å²) < 4.78 is 15.8. The lowest BCUT2D eigenvalue weighted by Crippen LogP contribution is -2.28. The summed E-state index contributed by atoms with van der Waals surface area (Å²) in [5, 5.41) is 11.2. The van der Waals surface area contributed by atoms with Crippen molar-refractivity contribution in [1.29, 1.82) is 0 Å². The topological polar surface area (TPSA) is 100 Å². The van der Waals surface area contributed by atoms with E-state index in [1.54, 1.807) is 12.1 Å². The van der Waals surface area contributed by atoms with E-state index in [1.807, 2.05) is 24.3 Å². The molecule has 0 saturated heterocycles. The number of nitro benzene ring substituents is 1. The molecule has 2 N–H and O–H groups in total. The Bertz CT molecular complexity index is 796. The number of nitrogens with zero attached hydrogens (tertiary/aromatic N) is 2. The summed E-state index contributed by atoms with van der Waals surface area (Å²) in [6.45, 7) is 2.57. The first-order valence-electron chi connectivity index (χ1n) is 8.23. The van der Waals surface area contributed by atoms with E-state index in [0.29, 0.717) is 26.2 Å². The molecule has 0 radical (unpaired) electrons. The van der Waals surface area contributed by atoms with Crippen molar-refractivity contribution in [2.45, 2.75) is 13.1 Å². The maximum Gasteiger partial charge on any atom is 0.311 e. The molecule has 1 aliphatic heterocycles. The molecule has 138 valence electrons. The van der Waals surface area contributed by atoms with E-state index in [4.69, 9.17) is 19.9 Å². The zero-order valence-corrected chi connectivity index (χ0v) is 14.5. The lowest BCUT2D eigenvalue weighted by Gasteiger charge is -2.22. The van der Waals surface area contributed by atoms with Crippen LogP contribution >= 0.6 is 0 Å². The van der Waals surface area contributed by atoms with Crippen LogP contribution in [0.25, 0.3) is 0 Å². The van der Waals surface area contributed by atoms with Crippen molar-refractivity contribution in [1.82, 2.24) is 4.90 Å². The van der Waals surface area contributed by atoms with Gasteiger partial charge in [-0.2, -0.15) is 0 Å². The minimum absolute atomic E-state index is 0.0409. The van der Waals surface area contributed by atoms with Gasteiger partial charge in [0.15, 0.2) is 17.2 Å². The lowest BCUT2D eigenvalue weighted by molar-refractivity contribution is -0.385. The second-order valence-electron chi connectivity index (χ2n) is 5.95. The number of fused-ring (bicyclic) bond motifs is 1. The van der Waals surface area contributed by atoms with E-state index in [2.05, 4.69) is 4.90 Å². The standard InChI is InChI=1S/C18H21N3O5/c1-24-16-4-2-13(8-15(16)21(22)23)10-20(7-6-19)11-14-3-5-17-18(9-14)26-12-25-17/h2-5,8-9H,6-7,10-12,19H2,1H3. The van der Waals surface area contributed by atoms with Crippen molar-refractivity contribution in [3.63, 3.8) is 0 Å². The Labute approximate surface area is 151 Å². The van der Waals surface area contributed by atoms with E-state index in [1.165, 1.54) is 7.11 Å². The summed E-state index contributed by atoms with van der Waals surface area (Å²) in [7, 11) is 1.42. The fraction of sp³-hybridized carbons (Fsp3) is 0.333. The highest BCUT2D eigenvalue weighted by Crippen LogP contribution is 2.33. The zero-order chi connectivity index (χ0) is 18.5. The normalized spacial score (nSPS) is 12.4. The smallest absolute Gasteiger partial charge is 0.311 e. The molecule has 0 bridgehead atoms. The molecule has 0 unspecified atom stereocenters. The molecule has 8 heteroatoms. The molecule has 0 saturated carbocycles. The number of methoxy groups -OCH3 is 1. The van der Waals surface area contributed by atoms with Crippen LogP contribution < -0.4 is 19.9 Å². The summed E-state index contributed by atoms with van der Waals surface area (Å²) in [4.78, 5) is 12.9. The number of rotatable bonds is 8. The molecule has 0 aromatic heterocycles. The van der Waals surface area contributed by atoms with E-state index in [-0.39, 0.29) is 18.2 Å². The number of hydrogen-bond donors (Lipinski definition) is 1. The Kier molecular flexibility index (Phi) is 5.55. The van der Waals surface area contributed by atoms with Crippen molar-refractivity contribution in [2.75, 3.05) is 27.0 Å². The second kappa shape index (κ2) is 8.03. The molecule has 2 aromatic rings. The lowest BCUT2D eigenvalue weighted by atomic mass is 10.1. The van der Waals surface area contributed by atoms with Crippen molar-refractivity contribution < 1.29 is 19.1 Å². The van der Waals surface area contributed by atoms with Gasteiger partial charge in [-0.25, -0.2) is 0 Å². The first-order valence-corrected chi connectivity index (χ1v) is 8.23. The van der Waals surface area contributed by atoms with Gasteiger partial charge in [0.1, 0.15) is 0 Å². The molecule has 0 spiro atoms. The van der Waals surface area contributed by atoms with Crippen molar-refractivity contribution in [3.05, 3.63) is 57.6 Å².